The van der Waals surface area contributed by atoms with Gasteiger partial charge in [-0.3, -0.25) is 13.9 Å². The fraction of sp³-hybridized carbons (Fsp3) is 0.444. The minimum atomic E-state index is -3.85. The van der Waals surface area contributed by atoms with E-state index in [0.29, 0.717) is 25.3 Å². The molecule has 5 N–H and O–H groups in total. The van der Waals surface area contributed by atoms with E-state index < -0.39 is 34.2 Å². The average Bonchev–Trinajstić information content (AvgIpc) is 3.75. The zero-order valence-electron chi connectivity index (χ0n) is 21.9. The Morgan fingerprint density at radius 1 is 1.10 bits per heavy atom. The second-order valence-electron chi connectivity index (χ2n) is 10.1. The lowest BCUT2D eigenvalue weighted by Gasteiger charge is -2.29. The third-order valence-electron chi connectivity index (χ3n) is 6.81. The number of rotatable bonds is 12. The summed E-state index contributed by atoms with van der Waals surface area (Å²) in [6, 6.07) is 12.5. The molecule has 1 saturated carbocycles. The van der Waals surface area contributed by atoms with Gasteiger partial charge in [-0.25, -0.2) is 4.79 Å². The molecule has 0 aromatic heterocycles. The molecule has 4 rings (SSSR count). The van der Waals surface area contributed by atoms with Gasteiger partial charge in [-0.15, -0.1) is 0 Å². The molecule has 39 heavy (non-hydrogen) atoms. The van der Waals surface area contributed by atoms with Gasteiger partial charge in [0.25, 0.3) is 5.91 Å². The third kappa shape index (κ3) is 8.01. The quantitative estimate of drug-likeness (QED) is 0.263. The van der Waals surface area contributed by atoms with Crippen molar-refractivity contribution in [2.45, 2.75) is 44.7 Å². The minimum Gasteiger partial charge on any atom is -0.478 e. The monoisotopic (exact) mass is 557 g/mol. The van der Waals surface area contributed by atoms with E-state index in [4.69, 9.17) is 0 Å². The molecular formula is C27H35N5O6S. The van der Waals surface area contributed by atoms with E-state index in [1.807, 2.05) is 30.3 Å². The number of carbonyl (C=O) groups excluding carboxylic acids is 2. The summed E-state index contributed by atoms with van der Waals surface area (Å²) in [6.07, 6.45) is 3.28. The predicted octanol–water partition coefficient (Wildman–Crippen LogP) is 1.27. The van der Waals surface area contributed by atoms with Crippen molar-refractivity contribution in [1.29, 1.82) is 0 Å². The Balaban J connectivity index is 1.51. The topological polar surface area (TPSA) is 157 Å². The van der Waals surface area contributed by atoms with Gasteiger partial charge in [0, 0.05) is 37.8 Å². The molecule has 11 nitrogen and oxygen atoms in total. The van der Waals surface area contributed by atoms with Crippen LogP contribution >= 0.6 is 0 Å². The number of amides is 2. The summed E-state index contributed by atoms with van der Waals surface area (Å²) in [5, 5.41) is 18.7. The van der Waals surface area contributed by atoms with E-state index >= 15 is 0 Å². The van der Waals surface area contributed by atoms with Gasteiger partial charge in [-0.1, -0.05) is 30.3 Å². The van der Waals surface area contributed by atoms with Crippen LogP contribution in [0.4, 0.5) is 5.69 Å². The SMILES string of the molecule is C[C@H](NC[C@H](Cc1ccccc1)NC(=O)c1cc(C(=O)O)cc(N2CCCNS2(=O)=O)c1)C(=O)NCC1CC1. The molecule has 1 aliphatic carbocycles. The molecule has 0 unspecified atom stereocenters. The van der Waals surface area contributed by atoms with Gasteiger partial charge in [-0.2, -0.15) is 13.1 Å². The van der Waals surface area contributed by atoms with Crippen molar-refractivity contribution >= 4 is 33.7 Å². The molecule has 2 aromatic rings. The highest BCUT2D eigenvalue weighted by atomic mass is 32.2. The van der Waals surface area contributed by atoms with E-state index in [-0.39, 0.29) is 42.4 Å². The fourth-order valence-electron chi connectivity index (χ4n) is 4.37. The van der Waals surface area contributed by atoms with Crippen molar-refractivity contribution in [3.63, 3.8) is 0 Å². The van der Waals surface area contributed by atoms with Gasteiger partial charge in [-0.05, 0) is 62.3 Å². The van der Waals surface area contributed by atoms with E-state index in [1.54, 1.807) is 6.92 Å². The molecule has 2 aromatic carbocycles. The fourth-order valence-corrected chi connectivity index (χ4v) is 5.68. The van der Waals surface area contributed by atoms with E-state index in [1.165, 1.54) is 18.2 Å². The molecule has 1 heterocycles. The zero-order chi connectivity index (χ0) is 28.0. The summed E-state index contributed by atoms with van der Waals surface area (Å²) < 4.78 is 28.6. The lowest BCUT2D eigenvalue weighted by Crippen LogP contribution is -2.50. The maximum atomic E-state index is 13.4. The van der Waals surface area contributed by atoms with Gasteiger partial charge < -0.3 is 21.1 Å². The Morgan fingerprint density at radius 2 is 1.82 bits per heavy atom. The molecular weight excluding hydrogens is 522 g/mol. The first-order chi connectivity index (χ1) is 18.6. The smallest absolute Gasteiger partial charge is 0.335 e. The number of hydrogen-bond acceptors (Lipinski definition) is 6. The highest BCUT2D eigenvalue weighted by molar-refractivity contribution is 7.90. The maximum absolute atomic E-state index is 13.4. The van der Waals surface area contributed by atoms with Gasteiger partial charge in [0.05, 0.1) is 17.3 Å². The highest BCUT2D eigenvalue weighted by Crippen LogP contribution is 2.27. The highest BCUT2D eigenvalue weighted by Gasteiger charge is 2.28. The molecule has 0 spiro atoms. The van der Waals surface area contributed by atoms with Gasteiger partial charge in [0.2, 0.25) is 5.91 Å². The van der Waals surface area contributed by atoms with Crippen LogP contribution in [0, 0.1) is 5.92 Å². The van der Waals surface area contributed by atoms with Crippen molar-refractivity contribution in [1.82, 2.24) is 20.7 Å². The number of carboxylic acids is 1. The van der Waals surface area contributed by atoms with Crippen molar-refractivity contribution in [2.24, 2.45) is 5.92 Å². The molecule has 12 heteroatoms. The Morgan fingerprint density at radius 3 is 2.49 bits per heavy atom. The van der Waals surface area contributed by atoms with Crippen molar-refractivity contribution < 1.29 is 27.9 Å². The van der Waals surface area contributed by atoms with Gasteiger partial charge in [0.1, 0.15) is 0 Å². The third-order valence-corrected chi connectivity index (χ3v) is 8.36. The number of aromatic carboxylic acids is 1. The second-order valence-corrected chi connectivity index (χ2v) is 11.8. The maximum Gasteiger partial charge on any atom is 0.335 e. The van der Waals surface area contributed by atoms with Crippen LogP contribution < -0.4 is 25.0 Å². The number of carbonyl (C=O) groups is 3. The van der Waals surface area contributed by atoms with Crippen molar-refractivity contribution in [2.75, 3.05) is 30.5 Å². The van der Waals surface area contributed by atoms with Crippen molar-refractivity contribution in [3.8, 4) is 0 Å². The average molecular weight is 558 g/mol. The second kappa shape index (κ2) is 12.6. The molecule has 2 aliphatic rings. The minimum absolute atomic E-state index is 0.0268. The van der Waals surface area contributed by atoms with Crippen LogP contribution in [-0.4, -0.2) is 69.6 Å². The number of hydrogen-bond donors (Lipinski definition) is 5. The summed E-state index contributed by atoms with van der Waals surface area (Å²) in [7, 11) is -3.85. The molecule has 1 aliphatic heterocycles. The molecule has 0 radical (unpaired) electrons. The molecule has 1 saturated heterocycles. The first-order valence-corrected chi connectivity index (χ1v) is 14.6. The number of anilines is 1. The van der Waals surface area contributed by atoms with Crippen LogP contribution in [-0.2, 0) is 21.4 Å². The Hall–Kier alpha value is -3.48. The lowest BCUT2D eigenvalue weighted by molar-refractivity contribution is -0.122. The molecule has 2 fully saturated rings. The summed E-state index contributed by atoms with van der Waals surface area (Å²) >= 11 is 0. The van der Waals surface area contributed by atoms with Crippen molar-refractivity contribution in [3.05, 3.63) is 65.2 Å². The van der Waals surface area contributed by atoms with Crippen LogP contribution in [0.2, 0.25) is 0 Å². The number of benzene rings is 2. The normalized spacial score (nSPS) is 18.1. The van der Waals surface area contributed by atoms with Crippen LogP contribution in [0.25, 0.3) is 0 Å². The lowest BCUT2D eigenvalue weighted by atomic mass is 10.0. The Bertz CT molecular complexity index is 1300. The van der Waals surface area contributed by atoms with E-state index in [0.717, 1.165) is 22.7 Å². The molecule has 0 bridgehead atoms. The first kappa shape index (κ1) is 28.5. The van der Waals surface area contributed by atoms with Crippen LogP contribution in [0.15, 0.2) is 48.5 Å². The first-order valence-electron chi connectivity index (χ1n) is 13.1. The number of carboxylic acid groups (broad SMARTS) is 1. The van der Waals surface area contributed by atoms with E-state index in [2.05, 4.69) is 20.7 Å². The van der Waals surface area contributed by atoms with Crippen LogP contribution in [0.1, 0.15) is 52.5 Å². The Kier molecular flexibility index (Phi) is 9.20. The number of nitrogens with one attached hydrogen (secondary N) is 4. The molecule has 2 atom stereocenters. The molecule has 210 valence electrons. The van der Waals surface area contributed by atoms with Gasteiger partial charge in [0.15, 0.2) is 0 Å². The predicted molar refractivity (Wildman–Crippen MR) is 147 cm³/mol. The summed E-state index contributed by atoms with van der Waals surface area (Å²) in [4.78, 5) is 37.7. The number of nitrogens with zero attached hydrogens (tertiary/aromatic N) is 1. The van der Waals surface area contributed by atoms with Crippen LogP contribution in [0.3, 0.4) is 0 Å². The summed E-state index contributed by atoms with van der Waals surface area (Å²) in [6.45, 7) is 3.17. The van der Waals surface area contributed by atoms with E-state index in [9.17, 15) is 27.9 Å². The standard InChI is InChI=1S/C27H35N5O6S/c1-18(25(33)29-16-20-8-9-20)28-17-23(12-19-6-3-2-4-7-19)31-26(34)21-13-22(27(35)36)15-24(14-21)32-11-5-10-30-39(32,37)38/h2-4,6-7,13-15,18,20,23,28,30H,5,8-12,16-17H2,1H3,(H,29,33)(H,31,34)(H,35,36)/t18-,23-/m0/s1. The van der Waals surface area contributed by atoms with Gasteiger partial charge >= 0.3 is 16.2 Å². The van der Waals surface area contributed by atoms with Crippen LogP contribution in [0.5, 0.6) is 0 Å². The Labute approximate surface area is 228 Å². The summed E-state index contributed by atoms with van der Waals surface area (Å²) in [5.74, 6) is -1.37. The largest absolute Gasteiger partial charge is 0.478 e. The summed E-state index contributed by atoms with van der Waals surface area (Å²) in [5.41, 5.74) is 0.905. The zero-order valence-corrected chi connectivity index (χ0v) is 22.7. The molecule has 2 amide bonds.